The molecule has 0 saturated heterocycles. The van der Waals surface area contributed by atoms with Crippen molar-refractivity contribution in [1.82, 2.24) is 5.32 Å². The van der Waals surface area contributed by atoms with E-state index in [0.29, 0.717) is 11.3 Å². The number of hydrogen-bond donors (Lipinski definition) is 1. The lowest BCUT2D eigenvalue weighted by Gasteiger charge is -2.26. The van der Waals surface area contributed by atoms with E-state index in [1.165, 1.54) is 24.3 Å². The number of carbonyl (C=O) groups is 1. The van der Waals surface area contributed by atoms with Gasteiger partial charge in [0.1, 0.15) is 11.6 Å². The Hall–Kier alpha value is -2.41. The van der Waals surface area contributed by atoms with Crippen molar-refractivity contribution in [3.05, 3.63) is 65.2 Å². The minimum absolute atomic E-state index is 0.253. The number of hydrogen-bond acceptors (Lipinski definition) is 4. The first-order chi connectivity index (χ1) is 12.6. The molecule has 2 aromatic carbocycles. The van der Waals surface area contributed by atoms with Gasteiger partial charge in [0.25, 0.3) is 5.91 Å². The molecule has 1 N–H and O–H groups in total. The molecule has 2 unspecified atom stereocenters. The van der Waals surface area contributed by atoms with Gasteiger partial charge in [-0.2, -0.15) is 0 Å². The highest BCUT2D eigenvalue weighted by molar-refractivity contribution is 7.99. The number of benzene rings is 2. The monoisotopic (exact) mass is 374 g/mol. The zero-order valence-electron chi connectivity index (χ0n) is 13.7. The quantitative estimate of drug-likeness (QED) is 0.889. The van der Waals surface area contributed by atoms with E-state index >= 15 is 0 Å². The van der Waals surface area contributed by atoms with Crippen molar-refractivity contribution in [2.75, 3.05) is 5.75 Å². The highest BCUT2D eigenvalue weighted by Gasteiger charge is 2.32. The predicted octanol–water partition coefficient (Wildman–Crippen LogP) is 3.81. The molecule has 26 heavy (non-hydrogen) atoms. The summed E-state index contributed by atoms with van der Waals surface area (Å²) in [5.74, 6) is -0.136. The lowest BCUT2D eigenvalue weighted by Crippen LogP contribution is -2.38. The zero-order valence-corrected chi connectivity index (χ0v) is 14.6. The van der Waals surface area contributed by atoms with E-state index in [2.05, 4.69) is 10.5 Å². The van der Waals surface area contributed by atoms with Crippen molar-refractivity contribution < 1.29 is 18.4 Å². The maximum absolute atomic E-state index is 13.6. The Bertz CT molecular complexity index is 888. The topological polar surface area (TPSA) is 50.7 Å². The Balaban J connectivity index is 1.44. The summed E-state index contributed by atoms with van der Waals surface area (Å²) in [5, 5.41) is 6.86. The Morgan fingerprint density at radius 1 is 1.19 bits per heavy atom. The molecule has 2 aliphatic rings. The summed E-state index contributed by atoms with van der Waals surface area (Å²) in [6.07, 6.45) is 0.226. The summed E-state index contributed by atoms with van der Waals surface area (Å²) >= 11 is 1.65. The van der Waals surface area contributed by atoms with Crippen molar-refractivity contribution in [3.63, 3.8) is 0 Å². The summed E-state index contributed by atoms with van der Waals surface area (Å²) in [6.45, 7) is 0. The number of rotatable bonds is 3. The molecule has 2 atom stereocenters. The highest BCUT2D eigenvalue weighted by Crippen LogP contribution is 2.36. The van der Waals surface area contributed by atoms with Gasteiger partial charge in [0.05, 0.1) is 11.8 Å². The van der Waals surface area contributed by atoms with Crippen molar-refractivity contribution in [3.8, 4) is 0 Å². The fourth-order valence-electron chi connectivity index (χ4n) is 3.14. The first-order valence-electron chi connectivity index (χ1n) is 8.31. The van der Waals surface area contributed by atoms with Gasteiger partial charge in [-0.1, -0.05) is 17.3 Å². The van der Waals surface area contributed by atoms with Crippen LogP contribution in [-0.4, -0.2) is 23.5 Å². The normalized spacial score (nSPS) is 21.5. The molecular formula is C19H16F2N2O2S. The smallest absolute Gasteiger partial charge is 0.264 e. The summed E-state index contributed by atoms with van der Waals surface area (Å²) in [7, 11) is 0. The fourth-order valence-corrected chi connectivity index (χ4v) is 4.24. The van der Waals surface area contributed by atoms with Gasteiger partial charge in [-0.15, -0.1) is 11.8 Å². The zero-order chi connectivity index (χ0) is 18.1. The number of nitrogens with one attached hydrogen (secondary N) is 1. The van der Waals surface area contributed by atoms with Gasteiger partial charge in [-0.25, -0.2) is 8.78 Å². The first-order valence-corrected chi connectivity index (χ1v) is 9.30. The molecule has 0 aliphatic carbocycles. The van der Waals surface area contributed by atoms with Gasteiger partial charge in [0.2, 0.25) is 6.10 Å². The summed E-state index contributed by atoms with van der Waals surface area (Å²) in [6, 6.07) is 10.4. The standard InChI is InChI=1S/C19H16F2N2O2S/c20-12-3-1-2-11(8-12)16-10-17(25-23-16)19(24)22-15-6-7-26-18-5-4-13(21)9-14(15)18/h1-5,8-9,15,17H,6-7,10H2,(H,22,24). The van der Waals surface area contributed by atoms with E-state index in [9.17, 15) is 13.6 Å². The van der Waals surface area contributed by atoms with Crippen LogP contribution in [0.4, 0.5) is 8.78 Å². The molecule has 1 amide bonds. The molecule has 7 heteroatoms. The number of thioether (sulfide) groups is 1. The largest absolute Gasteiger partial charge is 0.382 e. The lowest BCUT2D eigenvalue weighted by atomic mass is 10.0. The van der Waals surface area contributed by atoms with E-state index in [0.717, 1.165) is 22.6 Å². The fraction of sp³-hybridized carbons (Fsp3) is 0.263. The van der Waals surface area contributed by atoms with Crippen LogP contribution in [-0.2, 0) is 9.63 Å². The third-order valence-electron chi connectivity index (χ3n) is 4.45. The summed E-state index contributed by atoms with van der Waals surface area (Å²) in [5.41, 5.74) is 1.93. The van der Waals surface area contributed by atoms with Crippen molar-refractivity contribution in [1.29, 1.82) is 0 Å². The second-order valence-electron chi connectivity index (χ2n) is 6.23. The molecule has 4 rings (SSSR count). The maximum Gasteiger partial charge on any atom is 0.264 e. The number of carbonyl (C=O) groups excluding carboxylic acids is 1. The van der Waals surface area contributed by atoms with Crippen LogP contribution in [0.2, 0.25) is 0 Å². The maximum atomic E-state index is 13.6. The van der Waals surface area contributed by atoms with Gasteiger partial charge in [-0.3, -0.25) is 4.79 Å². The summed E-state index contributed by atoms with van der Waals surface area (Å²) < 4.78 is 26.9. The number of amides is 1. The van der Waals surface area contributed by atoms with Crippen LogP contribution in [0.3, 0.4) is 0 Å². The first kappa shape index (κ1) is 17.0. The number of halogens is 2. The van der Waals surface area contributed by atoms with E-state index in [4.69, 9.17) is 4.84 Å². The van der Waals surface area contributed by atoms with Gasteiger partial charge in [0.15, 0.2) is 0 Å². The molecular weight excluding hydrogens is 358 g/mol. The minimum atomic E-state index is -0.764. The second-order valence-corrected chi connectivity index (χ2v) is 7.36. The number of fused-ring (bicyclic) bond motifs is 1. The Morgan fingerprint density at radius 2 is 2.04 bits per heavy atom. The van der Waals surface area contributed by atoms with E-state index in [1.807, 2.05) is 0 Å². The molecule has 0 fully saturated rings. The molecule has 0 bridgehead atoms. The molecule has 2 heterocycles. The molecule has 2 aliphatic heterocycles. The highest BCUT2D eigenvalue weighted by atomic mass is 32.2. The van der Waals surface area contributed by atoms with Crippen molar-refractivity contribution in [2.24, 2.45) is 5.16 Å². The second kappa shape index (κ2) is 7.07. The molecule has 0 radical (unpaired) electrons. The van der Waals surface area contributed by atoms with E-state index in [1.54, 1.807) is 30.0 Å². The van der Waals surface area contributed by atoms with Gasteiger partial charge >= 0.3 is 0 Å². The van der Waals surface area contributed by atoms with E-state index < -0.39 is 6.10 Å². The van der Waals surface area contributed by atoms with Crippen LogP contribution in [0.25, 0.3) is 0 Å². The Labute approximate surface area is 153 Å². The lowest BCUT2D eigenvalue weighted by molar-refractivity contribution is -0.132. The van der Waals surface area contributed by atoms with Crippen LogP contribution in [0.5, 0.6) is 0 Å². The van der Waals surface area contributed by atoms with Crippen LogP contribution in [0.1, 0.15) is 30.0 Å². The Kier molecular flexibility index (Phi) is 4.63. The number of oxime groups is 1. The Morgan fingerprint density at radius 3 is 2.88 bits per heavy atom. The van der Waals surface area contributed by atoms with E-state index in [-0.39, 0.29) is 30.0 Å². The average Bonchev–Trinajstić information content (AvgIpc) is 3.12. The van der Waals surface area contributed by atoms with Crippen molar-refractivity contribution >= 4 is 23.4 Å². The van der Waals surface area contributed by atoms with Gasteiger partial charge in [-0.05, 0) is 42.3 Å². The average molecular weight is 374 g/mol. The van der Waals surface area contributed by atoms with Gasteiger partial charge in [0, 0.05) is 22.6 Å². The van der Waals surface area contributed by atoms with Gasteiger partial charge < -0.3 is 10.2 Å². The third kappa shape index (κ3) is 3.44. The van der Waals surface area contributed by atoms with Crippen LogP contribution in [0, 0.1) is 11.6 Å². The van der Waals surface area contributed by atoms with Crippen molar-refractivity contribution in [2.45, 2.75) is 29.9 Å². The van der Waals surface area contributed by atoms with Crippen LogP contribution in [0.15, 0.2) is 52.5 Å². The summed E-state index contributed by atoms with van der Waals surface area (Å²) in [4.78, 5) is 18.8. The predicted molar refractivity (Wildman–Crippen MR) is 95.1 cm³/mol. The molecule has 4 nitrogen and oxygen atoms in total. The molecule has 0 saturated carbocycles. The molecule has 0 aromatic heterocycles. The molecule has 134 valence electrons. The molecule has 0 spiro atoms. The SMILES string of the molecule is O=C(NC1CCSc2ccc(F)cc21)C1CC(c2cccc(F)c2)=NO1. The minimum Gasteiger partial charge on any atom is -0.382 e. The molecule has 2 aromatic rings. The third-order valence-corrected chi connectivity index (χ3v) is 5.57. The number of nitrogens with zero attached hydrogens (tertiary/aromatic N) is 1. The van der Waals surface area contributed by atoms with Crippen LogP contribution < -0.4 is 5.32 Å². The van der Waals surface area contributed by atoms with Crippen LogP contribution >= 0.6 is 11.8 Å².